The summed E-state index contributed by atoms with van der Waals surface area (Å²) in [7, 11) is 3.15. The van der Waals surface area contributed by atoms with Gasteiger partial charge in [0.2, 0.25) is 5.91 Å². The maximum absolute atomic E-state index is 11.9. The smallest absolute Gasteiger partial charge is 0.248 e. The molecule has 114 valence electrons. The average molecular weight is 318 g/mol. The van der Waals surface area contributed by atoms with Gasteiger partial charge in [0.25, 0.3) is 0 Å². The second kappa shape index (κ2) is 7.52. The topological polar surface area (TPSA) is 47.6 Å². The molecule has 0 aliphatic heterocycles. The van der Waals surface area contributed by atoms with Crippen molar-refractivity contribution < 1.29 is 14.3 Å². The van der Waals surface area contributed by atoms with Crippen LogP contribution in [0.25, 0.3) is 6.08 Å². The molecule has 0 fully saturated rings. The fourth-order valence-electron chi connectivity index (χ4n) is 1.86. The number of halogens is 1. The third kappa shape index (κ3) is 4.02. The van der Waals surface area contributed by atoms with Crippen LogP contribution in [0.1, 0.15) is 5.56 Å². The van der Waals surface area contributed by atoms with Gasteiger partial charge in [0.05, 0.1) is 24.9 Å². The number of hydrogen-bond donors (Lipinski definition) is 1. The van der Waals surface area contributed by atoms with E-state index in [1.54, 1.807) is 56.7 Å². The van der Waals surface area contributed by atoms with Gasteiger partial charge in [-0.1, -0.05) is 23.7 Å². The van der Waals surface area contributed by atoms with E-state index in [9.17, 15) is 4.79 Å². The molecular formula is C17H16ClNO3. The molecule has 1 amide bonds. The zero-order valence-corrected chi connectivity index (χ0v) is 13.1. The lowest BCUT2D eigenvalue weighted by atomic mass is 10.1. The quantitative estimate of drug-likeness (QED) is 0.848. The SMILES string of the molecule is COc1ccc(C=CC(=O)Nc2ccccc2Cl)c(OC)c1. The van der Waals surface area contributed by atoms with Gasteiger partial charge in [0, 0.05) is 17.7 Å². The minimum atomic E-state index is -0.272. The minimum Gasteiger partial charge on any atom is -0.497 e. The summed E-state index contributed by atoms with van der Waals surface area (Å²) in [5.41, 5.74) is 1.35. The predicted molar refractivity (Wildman–Crippen MR) is 88.7 cm³/mol. The Labute approximate surface area is 134 Å². The summed E-state index contributed by atoms with van der Waals surface area (Å²) in [6, 6.07) is 12.4. The van der Waals surface area contributed by atoms with Crippen LogP contribution in [0.2, 0.25) is 5.02 Å². The fraction of sp³-hybridized carbons (Fsp3) is 0.118. The van der Waals surface area contributed by atoms with Crippen molar-refractivity contribution in [3.63, 3.8) is 0 Å². The number of benzene rings is 2. The molecule has 0 atom stereocenters. The molecule has 0 heterocycles. The Morgan fingerprint density at radius 1 is 1.14 bits per heavy atom. The maximum Gasteiger partial charge on any atom is 0.248 e. The zero-order chi connectivity index (χ0) is 15.9. The van der Waals surface area contributed by atoms with Gasteiger partial charge in [0.15, 0.2) is 0 Å². The highest BCUT2D eigenvalue weighted by molar-refractivity contribution is 6.33. The molecule has 22 heavy (non-hydrogen) atoms. The number of anilines is 1. The highest BCUT2D eigenvalue weighted by Gasteiger charge is 2.04. The van der Waals surface area contributed by atoms with Crippen molar-refractivity contribution in [2.75, 3.05) is 19.5 Å². The number of rotatable bonds is 5. The van der Waals surface area contributed by atoms with E-state index in [4.69, 9.17) is 21.1 Å². The van der Waals surface area contributed by atoms with E-state index < -0.39 is 0 Å². The Bertz CT molecular complexity index is 698. The zero-order valence-electron chi connectivity index (χ0n) is 12.3. The second-order valence-electron chi connectivity index (χ2n) is 4.41. The van der Waals surface area contributed by atoms with Crippen LogP contribution in [-0.2, 0) is 4.79 Å². The van der Waals surface area contributed by atoms with Crippen molar-refractivity contribution in [2.24, 2.45) is 0 Å². The number of amides is 1. The first-order valence-electron chi connectivity index (χ1n) is 6.59. The van der Waals surface area contributed by atoms with Crippen molar-refractivity contribution in [3.05, 3.63) is 59.1 Å². The van der Waals surface area contributed by atoms with Gasteiger partial charge in [-0.2, -0.15) is 0 Å². The highest BCUT2D eigenvalue weighted by atomic mass is 35.5. The number of ether oxygens (including phenoxy) is 2. The molecule has 0 unspecified atom stereocenters. The van der Waals surface area contributed by atoms with E-state index in [-0.39, 0.29) is 5.91 Å². The van der Waals surface area contributed by atoms with Gasteiger partial charge in [-0.15, -0.1) is 0 Å². The van der Waals surface area contributed by atoms with Crippen LogP contribution < -0.4 is 14.8 Å². The number of nitrogens with one attached hydrogen (secondary N) is 1. The minimum absolute atomic E-state index is 0.272. The largest absolute Gasteiger partial charge is 0.497 e. The van der Waals surface area contributed by atoms with Crippen LogP contribution in [0, 0.1) is 0 Å². The molecule has 2 rings (SSSR count). The van der Waals surface area contributed by atoms with Gasteiger partial charge in [-0.3, -0.25) is 4.79 Å². The molecule has 0 aliphatic rings. The summed E-state index contributed by atoms with van der Waals surface area (Å²) in [4.78, 5) is 11.9. The number of hydrogen-bond acceptors (Lipinski definition) is 3. The first-order chi connectivity index (χ1) is 10.6. The highest BCUT2D eigenvalue weighted by Crippen LogP contribution is 2.25. The molecule has 0 spiro atoms. The lowest BCUT2D eigenvalue weighted by Crippen LogP contribution is -2.08. The molecule has 0 aromatic heterocycles. The van der Waals surface area contributed by atoms with Crippen LogP contribution in [0.5, 0.6) is 11.5 Å². The van der Waals surface area contributed by atoms with Crippen LogP contribution in [0.15, 0.2) is 48.5 Å². The number of para-hydroxylation sites is 1. The third-order valence-electron chi connectivity index (χ3n) is 2.99. The Kier molecular flexibility index (Phi) is 5.44. The molecule has 5 heteroatoms. The summed E-state index contributed by atoms with van der Waals surface area (Å²) >= 11 is 5.99. The van der Waals surface area contributed by atoms with E-state index in [2.05, 4.69) is 5.32 Å². The molecule has 0 saturated heterocycles. The summed E-state index contributed by atoms with van der Waals surface area (Å²) in [5.74, 6) is 1.04. The van der Waals surface area contributed by atoms with Crippen LogP contribution in [0.4, 0.5) is 5.69 Å². The molecular weight excluding hydrogens is 302 g/mol. The third-order valence-corrected chi connectivity index (χ3v) is 3.32. The van der Waals surface area contributed by atoms with Gasteiger partial charge < -0.3 is 14.8 Å². The van der Waals surface area contributed by atoms with Gasteiger partial charge >= 0.3 is 0 Å². The molecule has 0 aliphatic carbocycles. The Balaban J connectivity index is 2.11. The van der Waals surface area contributed by atoms with Gasteiger partial charge in [-0.05, 0) is 30.3 Å². The lowest BCUT2D eigenvalue weighted by Gasteiger charge is -2.07. The summed E-state index contributed by atoms with van der Waals surface area (Å²) < 4.78 is 10.4. The molecule has 1 N–H and O–H groups in total. The van der Waals surface area contributed by atoms with Crippen molar-refractivity contribution in [1.82, 2.24) is 0 Å². The first kappa shape index (κ1) is 15.9. The van der Waals surface area contributed by atoms with Crippen LogP contribution in [0.3, 0.4) is 0 Å². The summed E-state index contributed by atoms with van der Waals surface area (Å²) in [6.07, 6.45) is 3.10. The van der Waals surface area contributed by atoms with E-state index in [1.807, 2.05) is 6.07 Å². The Hall–Kier alpha value is -2.46. The van der Waals surface area contributed by atoms with Crippen LogP contribution >= 0.6 is 11.6 Å². The Morgan fingerprint density at radius 2 is 1.91 bits per heavy atom. The van der Waals surface area contributed by atoms with Gasteiger partial charge in [0.1, 0.15) is 11.5 Å². The standard InChI is InChI=1S/C17H16ClNO3/c1-21-13-9-7-12(16(11-13)22-2)8-10-17(20)19-15-6-4-3-5-14(15)18/h3-11H,1-2H3,(H,19,20). The average Bonchev–Trinajstić information content (AvgIpc) is 2.55. The Morgan fingerprint density at radius 3 is 2.59 bits per heavy atom. The normalized spacial score (nSPS) is 10.5. The summed E-state index contributed by atoms with van der Waals surface area (Å²) in [6.45, 7) is 0. The van der Waals surface area contributed by atoms with Crippen LogP contribution in [-0.4, -0.2) is 20.1 Å². The molecule has 0 saturated carbocycles. The molecule has 0 bridgehead atoms. The number of methoxy groups -OCH3 is 2. The van der Waals surface area contributed by atoms with Crippen molar-refractivity contribution >= 4 is 29.3 Å². The molecule has 0 radical (unpaired) electrons. The second-order valence-corrected chi connectivity index (χ2v) is 4.82. The van der Waals surface area contributed by atoms with E-state index in [0.29, 0.717) is 22.2 Å². The van der Waals surface area contributed by atoms with E-state index in [0.717, 1.165) is 5.56 Å². The van der Waals surface area contributed by atoms with Crippen molar-refractivity contribution in [1.29, 1.82) is 0 Å². The van der Waals surface area contributed by atoms with Crippen molar-refractivity contribution in [3.8, 4) is 11.5 Å². The number of carbonyl (C=O) groups excluding carboxylic acids is 1. The lowest BCUT2D eigenvalue weighted by molar-refractivity contribution is -0.111. The molecule has 2 aromatic rings. The molecule has 2 aromatic carbocycles. The maximum atomic E-state index is 11.9. The monoisotopic (exact) mass is 317 g/mol. The number of carbonyl (C=O) groups is 1. The predicted octanol–water partition coefficient (Wildman–Crippen LogP) is 4.01. The fourth-order valence-corrected chi connectivity index (χ4v) is 2.04. The first-order valence-corrected chi connectivity index (χ1v) is 6.97. The van der Waals surface area contributed by atoms with Crippen molar-refractivity contribution in [2.45, 2.75) is 0 Å². The van der Waals surface area contributed by atoms with E-state index >= 15 is 0 Å². The van der Waals surface area contributed by atoms with E-state index in [1.165, 1.54) is 6.08 Å². The van der Waals surface area contributed by atoms with Gasteiger partial charge in [-0.25, -0.2) is 0 Å². The summed E-state index contributed by atoms with van der Waals surface area (Å²) in [5, 5.41) is 3.21. The molecule has 4 nitrogen and oxygen atoms in total.